The molecule has 2 fully saturated rings. The largest absolute Gasteiger partial charge is 0.450 e. The van der Waals surface area contributed by atoms with Gasteiger partial charge in [0.05, 0.1) is 18.8 Å². The van der Waals surface area contributed by atoms with E-state index in [2.05, 4.69) is 5.32 Å². The lowest BCUT2D eigenvalue weighted by atomic mass is 9.88. The molecule has 1 aliphatic heterocycles. The molecule has 3 unspecified atom stereocenters. The normalized spacial score (nSPS) is 27.1. The Hall–Kier alpha value is -1.30. The van der Waals surface area contributed by atoms with Crippen molar-refractivity contribution in [1.82, 2.24) is 10.2 Å². The van der Waals surface area contributed by atoms with Crippen LogP contribution < -0.4 is 5.32 Å². The maximum Gasteiger partial charge on any atom is 0.407 e. The number of nitrogens with zero attached hydrogens (tertiary/aromatic N) is 1. The highest BCUT2D eigenvalue weighted by Gasteiger charge is 2.35. The second-order valence-electron chi connectivity index (χ2n) is 6.23. The zero-order chi connectivity index (χ0) is 15.4. The topological polar surface area (TPSA) is 78.9 Å². The van der Waals surface area contributed by atoms with Crippen LogP contribution in [0.2, 0.25) is 0 Å². The van der Waals surface area contributed by atoms with Gasteiger partial charge in [0.1, 0.15) is 0 Å². The maximum atomic E-state index is 11.7. The van der Waals surface area contributed by atoms with Crippen LogP contribution >= 0.6 is 0 Å². The van der Waals surface area contributed by atoms with Gasteiger partial charge < -0.3 is 20.1 Å². The predicted molar refractivity (Wildman–Crippen MR) is 77.7 cm³/mol. The van der Waals surface area contributed by atoms with Gasteiger partial charge in [-0.05, 0) is 44.4 Å². The number of carbonyl (C=O) groups excluding carboxylic acids is 2. The molecule has 21 heavy (non-hydrogen) atoms. The second-order valence-corrected chi connectivity index (χ2v) is 6.23. The number of nitrogens with one attached hydrogen (secondary N) is 1. The number of piperidine rings is 1. The molecule has 0 aromatic rings. The summed E-state index contributed by atoms with van der Waals surface area (Å²) in [7, 11) is 0. The smallest absolute Gasteiger partial charge is 0.407 e. The Labute approximate surface area is 125 Å². The van der Waals surface area contributed by atoms with Crippen molar-refractivity contribution in [2.45, 2.75) is 51.7 Å². The maximum absolute atomic E-state index is 11.7. The summed E-state index contributed by atoms with van der Waals surface area (Å²) >= 11 is 0. The summed E-state index contributed by atoms with van der Waals surface area (Å²) in [5.41, 5.74) is 0. The molecule has 0 bridgehead atoms. The van der Waals surface area contributed by atoms with Gasteiger partial charge in [-0.25, -0.2) is 4.79 Å². The Balaban J connectivity index is 1.90. The van der Waals surface area contributed by atoms with Crippen LogP contribution in [-0.2, 0) is 9.53 Å². The van der Waals surface area contributed by atoms with Crippen molar-refractivity contribution in [1.29, 1.82) is 0 Å². The third-order valence-corrected chi connectivity index (χ3v) is 4.32. The number of ether oxygens (including phenoxy) is 1. The van der Waals surface area contributed by atoms with Crippen LogP contribution in [0.1, 0.15) is 39.5 Å². The Morgan fingerprint density at radius 3 is 2.67 bits per heavy atom. The summed E-state index contributed by atoms with van der Waals surface area (Å²) in [6.45, 7) is 4.82. The summed E-state index contributed by atoms with van der Waals surface area (Å²) in [6, 6.07) is -0.0990. The van der Waals surface area contributed by atoms with E-state index in [1.54, 1.807) is 18.7 Å². The number of hydrogen-bond donors (Lipinski definition) is 2. The predicted octanol–water partition coefficient (Wildman–Crippen LogP) is 1.13. The quantitative estimate of drug-likeness (QED) is 0.797. The van der Waals surface area contributed by atoms with Gasteiger partial charge in [0.2, 0.25) is 5.91 Å². The monoisotopic (exact) mass is 298 g/mol. The highest BCUT2D eigenvalue weighted by Crippen LogP contribution is 2.36. The van der Waals surface area contributed by atoms with Gasteiger partial charge in [0.25, 0.3) is 0 Å². The molecule has 1 saturated carbocycles. The molecular formula is C15H26N2O4. The van der Waals surface area contributed by atoms with Crippen LogP contribution in [0, 0.1) is 11.8 Å². The van der Waals surface area contributed by atoms with Gasteiger partial charge in [-0.2, -0.15) is 0 Å². The fraction of sp³-hybridized carbons (Fsp3) is 0.867. The average Bonchev–Trinajstić information content (AvgIpc) is 3.22. The molecule has 2 rings (SSSR count). The average molecular weight is 298 g/mol. The third kappa shape index (κ3) is 4.88. The molecule has 1 saturated heterocycles. The highest BCUT2D eigenvalue weighted by molar-refractivity contribution is 5.73. The summed E-state index contributed by atoms with van der Waals surface area (Å²) in [4.78, 5) is 25.0. The first-order valence-electron chi connectivity index (χ1n) is 7.86. The molecule has 0 aromatic heterocycles. The van der Waals surface area contributed by atoms with E-state index in [1.807, 2.05) is 0 Å². The van der Waals surface area contributed by atoms with Gasteiger partial charge in [0.15, 0.2) is 0 Å². The van der Waals surface area contributed by atoms with Gasteiger partial charge >= 0.3 is 6.09 Å². The van der Waals surface area contributed by atoms with Crippen molar-refractivity contribution in [2.75, 3.05) is 19.7 Å². The molecule has 1 heterocycles. The van der Waals surface area contributed by atoms with E-state index in [9.17, 15) is 14.7 Å². The zero-order valence-electron chi connectivity index (χ0n) is 12.9. The number of carbonyl (C=O) groups is 2. The third-order valence-electron chi connectivity index (χ3n) is 4.32. The van der Waals surface area contributed by atoms with E-state index in [-0.39, 0.29) is 24.0 Å². The Kier molecular flexibility index (Phi) is 5.45. The van der Waals surface area contributed by atoms with E-state index < -0.39 is 6.09 Å². The number of aliphatic hydroxyl groups is 1. The number of rotatable bonds is 5. The van der Waals surface area contributed by atoms with Crippen molar-refractivity contribution in [2.24, 2.45) is 11.8 Å². The zero-order valence-corrected chi connectivity index (χ0v) is 12.9. The number of hydrogen-bond acceptors (Lipinski definition) is 4. The fourth-order valence-corrected chi connectivity index (χ4v) is 3.09. The minimum absolute atomic E-state index is 0.0104. The van der Waals surface area contributed by atoms with E-state index in [4.69, 9.17) is 4.74 Å². The Morgan fingerprint density at radius 1 is 1.38 bits per heavy atom. The number of aliphatic hydroxyl groups excluding tert-OH is 1. The Morgan fingerprint density at radius 2 is 2.10 bits per heavy atom. The molecule has 0 aromatic carbocycles. The van der Waals surface area contributed by atoms with Crippen molar-refractivity contribution in [3.05, 3.63) is 0 Å². The van der Waals surface area contributed by atoms with Gasteiger partial charge in [-0.1, -0.05) is 0 Å². The lowest BCUT2D eigenvalue weighted by Crippen LogP contribution is -2.52. The molecule has 2 aliphatic rings. The standard InChI is InChI=1S/C15H26N2O4/c1-3-21-15(20)16-13-6-11(7-14(19)12-4-5-12)8-17(9-13)10(2)18/h11-14,19H,3-9H2,1-2H3,(H,16,20). The van der Waals surface area contributed by atoms with Crippen molar-refractivity contribution in [3.63, 3.8) is 0 Å². The number of amides is 2. The summed E-state index contributed by atoms with van der Waals surface area (Å²) < 4.78 is 4.90. The van der Waals surface area contributed by atoms with Crippen LogP contribution in [0.5, 0.6) is 0 Å². The van der Waals surface area contributed by atoms with E-state index in [0.717, 1.165) is 19.3 Å². The van der Waals surface area contributed by atoms with Crippen LogP contribution in [0.15, 0.2) is 0 Å². The van der Waals surface area contributed by atoms with Crippen molar-refractivity contribution >= 4 is 12.0 Å². The van der Waals surface area contributed by atoms with Crippen LogP contribution in [0.25, 0.3) is 0 Å². The van der Waals surface area contributed by atoms with Crippen molar-refractivity contribution in [3.8, 4) is 0 Å². The first kappa shape index (κ1) is 16.1. The number of alkyl carbamates (subject to hydrolysis) is 1. The van der Waals surface area contributed by atoms with Crippen LogP contribution in [0.3, 0.4) is 0 Å². The fourth-order valence-electron chi connectivity index (χ4n) is 3.09. The van der Waals surface area contributed by atoms with E-state index in [1.165, 1.54) is 0 Å². The molecule has 120 valence electrons. The highest BCUT2D eigenvalue weighted by atomic mass is 16.5. The first-order chi connectivity index (χ1) is 9.99. The minimum atomic E-state index is -0.436. The van der Waals surface area contributed by atoms with E-state index >= 15 is 0 Å². The minimum Gasteiger partial charge on any atom is -0.450 e. The molecule has 3 atom stereocenters. The molecule has 0 radical (unpaired) electrons. The van der Waals surface area contributed by atoms with E-state index in [0.29, 0.717) is 32.0 Å². The Bertz CT molecular complexity index is 384. The second kappa shape index (κ2) is 7.11. The van der Waals surface area contributed by atoms with Gasteiger partial charge in [0, 0.05) is 20.0 Å². The van der Waals surface area contributed by atoms with Crippen molar-refractivity contribution < 1.29 is 19.4 Å². The van der Waals surface area contributed by atoms with Gasteiger partial charge in [-0.15, -0.1) is 0 Å². The van der Waals surface area contributed by atoms with Crippen LogP contribution in [-0.4, -0.2) is 53.8 Å². The summed E-state index contributed by atoms with van der Waals surface area (Å²) in [5, 5.41) is 12.9. The van der Waals surface area contributed by atoms with Crippen LogP contribution in [0.4, 0.5) is 4.79 Å². The lowest BCUT2D eigenvalue weighted by molar-refractivity contribution is -0.131. The molecule has 2 N–H and O–H groups in total. The SMILES string of the molecule is CCOC(=O)NC1CC(CC(O)C2CC2)CN(C(C)=O)C1. The molecule has 1 aliphatic carbocycles. The molecule has 0 spiro atoms. The lowest BCUT2D eigenvalue weighted by Gasteiger charge is -2.38. The summed E-state index contributed by atoms with van der Waals surface area (Å²) in [6.07, 6.45) is 2.99. The molecule has 6 nitrogen and oxygen atoms in total. The first-order valence-corrected chi connectivity index (χ1v) is 7.86. The molecule has 6 heteroatoms. The van der Waals surface area contributed by atoms with Gasteiger partial charge in [-0.3, -0.25) is 4.79 Å². The molecular weight excluding hydrogens is 272 g/mol. The number of likely N-dealkylation sites (tertiary alicyclic amines) is 1. The summed E-state index contributed by atoms with van der Waals surface area (Å²) in [5.74, 6) is 0.676. The molecule has 2 amide bonds.